The molecule has 0 spiro atoms. The van der Waals surface area contributed by atoms with E-state index in [1.807, 2.05) is 60.7 Å². The monoisotopic (exact) mass is 402 g/mol. The maximum atomic E-state index is 12.4. The van der Waals surface area contributed by atoms with Crippen molar-refractivity contribution < 1.29 is 4.79 Å². The fourth-order valence-corrected chi connectivity index (χ4v) is 4.14. The molecule has 0 unspecified atom stereocenters. The molecule has 5 rings (SSSR count). The van der Waals surface area contributed by atoms with Gasteiger partial charge in [0.15, 0.2) is 5.78 Å². The maximum Gasteiger partial charge on any atom is 0.160 e. The first-order valence-electron chi connectivity index (χ1n) is 10.4. The van der Waals surface area contributed by atoms with Crippen LogP contribution in [0, 0.1) is 6.92 Å². The molecule has 0 atom stereocenters. The smallest absolute Gasteiger partial charge is 0.160 e. The summed E-state index contributed by atoms with van der Waals surface area (Å²) < 4.78 is 2.20. The van der Waals surface area contributed by atoms with Crippen molar-refractivity contribution in [2.75, 3.05) is 0 Å². The molecule has 0 bridgehead atoms. The van der Waals surface area contributed by atoms with Gasteiger partial charge in [0.05, 0.1) is 11.0 Å². The zero-order chi connectivity index (χ0) is 21.4. The fraction of sp³-hybridized carbons (Fsp3) is 0.0714. The SMILES string of the molecule is CC(=O)c1ccc(C)cc1-c1cccc2nc(-c3ccccc3)n(-c3ccccc3)c12. The predicted molar refractivity (Wildman–Crippen MR) is 127 cm³/mol. The number of rotatable bonds is 4. The van der Waals surface area contributed by atoms with Gasteiger partial charge < -0.3 is 0 Å². The zero-order valence-electron chi connectivity index (χ0n) is 17.5. The van der Waals surface area contributed by atoms with Crippen LogP contribution >= 0.6 is 0 Å². The number of carbonyl (C=O) groups excluding carboxylic acids is 1. The normalized spacial score (nSPS) is 11.0. The van der Waals surface area contributed by atoms with Gasteiger partial charge in [-0.05, 0) is 37.6 Å². The van der Waals surface area contributed by atoms with Crippen molar-refractivity contribution in [1.82, 2.24) is 9.55 Å². The molecule has 0 saturated heterocycles. The van der Waals surface area contributed by atoms with Gasteiger partial charge in [-0.1, -0.05) is 84.4 Å². The Labute approximate surface area is 181 Å². The minimum absolute atomic E-state index is 0.0565. The molecule has 0 N–H and O–H groups in total. The van der Waals surface area contributed by atoms with Gasteiger partial charge in [-0.2, -0.15) is 0 Å². The number of fused-ring (bicyclic) bond motifs is 1. The number of carbonyl (C=O) groups is 1. The van der Waals surface area contributed by atoms with Crippen LogP contribution in [0.25, 0.3) is 39.2 Å². The molecule has 3 nitrogen and oxygen atoms in total. The van der Waals surface area contributed by atoms with Crippen LogP contribution < -0.4 is 0 Å². The van der Waals surface area contributed by atoms with E-state index in [0.717, 1.165) is 50.4 Å². The summed E-state index contributed by atoms with van der Waals surface area (Å²) in [6, 6.07) is 32.6. The Morgan fingerprint density at radius 2 is 1.48 bits per heavy atom. The molecule has 4 aromatic carbocycles. The first kappa shape index (κ1) is 19.0. The lowest BCUT2D eigenvalue weighted by atomic mass is 9.94. The number of hydrogen-bond acceptors (Lipinski definition) is 2. The van der Waals surface area contributed by atoms with Gasteiger partial charge in [0.25, 0.3) is 0 Å². The van der Waals surface area contributed by atoms with E-state index < -0.39 is 0 Å². The fourth-order valence-electron chi connectivity index (χ4n) is 4.14. The number of aryl methyl sites for hydroxylation is 1. The van der Waals surface area contributed by atoms with Crippen LogP contribution in [0.3, 0.4) is 0 Å². The van der Waals surface area contributed by atoms with Gasteiger partial charge in [-0.3, -0.25) is 9.36 Å². The van der Waals surface area contributed by atoms with Gasteiger partial charge in [0.2, 0.25) is 0 Å². The Balaban J connectivity index is 1.91. The van der Waals surface area contributed by atoms with E-state index in [0.29, 0.717) is 0 Å². The van der Waals surface area contributed by atoms with Crippen LogP contribution in [0.2, 0.25) is 0 Å². The molecule has 5 aromatic rings. The molecule has 0 radical (unpaired) electrons. The van der Waals surface area contributed by atoms with Gasteiger partial charge in [-0.25, -0.2) is 4.98 Å². The summed E-state index contributed by atoms with van der Waals surface area (Å²) in [5, 5.41) is 0. The van der Waals surface area contributed by atoms with E-state index >= 15 is 0 Å². The van der Waals surface area contributed by atoms with Crippen molar-refractivity contribution in [3.8, 4) is 28.2 Å². The molecular weight excluding hydrogens is 380 g/mol. The zero-order valence-corrected chi connectivity index (χ0v) is 17.5. The maximum absolute atomic E-state index is 12.4. The second-order valence-corrected chi connectivity index (χ2v) is 7.75. The van der Waals surface area contributed by atoms with Crippen molar-refractivity contribution in [2.24, 2.45) is 0 Å². The number of hydrogen-bond donors (Lipinski definition) is 0. The van der Waals surface area contributed by atoms with Crippen LogP contribution in [-0.4, -0.2) is 15.3 Å². The van der Waals surface area contributed by atoms with Crippen LogP contribution in [0.1, 0.15) is 22.8 Å². The molecular formula is C28H22N2O. The predicted octanol–water partition coefficient (Wildman–Crippen LogP) is 6.87. The minimum atomic E-state index is 0.0565. The van der Waals surface area contributed by atoms with Crippen LogP contribution in [0.5, 0.6) is 0 Å². The quantitative estimate of drug-likeness (QED) is 0.307. The highest BCUT2D eigenvalue weighted by Crippen LogP contribution is 2.36. The first-order valence-corrected chi connectivity index (χ1v) is 10.4. The number of Topliss-reactive ketones (excluding diaryl/α,β-unsaturated/α-hetero) is 1. The second kappa shape index (κ2) is 7.69. The topological polar surface area (TPSA) is 34.9 Å². The van der Waals surface area contributed by atoms with E-state index in [1.165, 1.54) is 0 Å². The lowest BCUT2D eigenvalue weighted by molar-refractivity contribution is 0.101. The number of para-hydroxylation sites is 2. The van der Waals surface area contributed by atoms with Crippen molar-refractivity contribution in [1.29, 1.82) is 0 Å². The molecule has 0 saturated carbocycles. The Bertz CT molecular complexity index is 1400. The highest BCUT2D eigenvalue weighted by atomic mass is 16.1. The Morgan fingerprint density at radius 3 is 2.19 bits per heavy atom. The van der Waals surface area contributed by atoms with Crippen molar-refractivity contribution in [3.63, 3.8) is 0 Å². The average molecular weight is 402 g/mol. The number of ketones is 1. The molecule has 0 aliphatic carbocycles. The molecule has 150 valence electrons. The Kier molecular flexibility index (Phi) is 4.72. The summed E-state index contributed by atoms with van der Waals surface area (Å²) in [6.45, 7) is 3.68. The van der Waals surface area contributed by atoms with Gasteiger partial charge in [0.1, 0.15) is 5.82 Å². The third-order valence-electron chi connectivity index (χ3n) is 5.57. The van der Waals surface area contributed by atoms with Crippen LogP contribution in [0.4, 0.5) is 0 Å². The standard InChI is InChI=1S/C28H22N2O/c1-19-16-17-23(20(2)31)25(18-19)24-14-9-15-26-27(24)30(22-12-7-4-8-13-22)28(29-26)21-10-5-3-6-11-21/h3-18H,1-2H3. The third kappa shape index (κ3) is 3.34. The number of nitrogens with zero attached hydrogens (tertiary/aromatic N) is 2. The summed E-state index contributed by atoms with van der Waals surface area (Å²) in [7, 11) is 0. The van der Waals surface area contributed by atoms with E-state index in [-0.39, 0.29) is 5.78 Å². The molecule has 0 aliphatic rings. The molecule has 0 fully saturated rings. The van der Waals surface area contributed by atoms with E-state index in [9.17, 15) is 4.79 Å². The largest absolute Gasteiger partial charge is 0.294 e. The lowest BCUT2D eigenvalue weighted by Gasteiger charge is -2.14. The number of imidazole rings is 1. The Hall–Kier alpha value is -3.98. The van der Waals surface area contributed by atoms with Crippen molar-refractivity contribution in [2.45, 2.75) is 13.8 Å². The Morgan fingerprint density at radius 1 is 0.774 bits per heavy atom. The summed E-state index contributed by atoms with van der Waals surface area (Å²) in [5.41, 5.74) is 7.76. The number of aromatic nitrogens is 2. The van der Waals surface area contributed by atoms with Crippen molar-refractivity contribution >= 4 is 16.8 Å². The molecule has 0 aliphatic heterocycles. The van der Waals surface area contributed by atoms with Gasteiger partial charge in [0, 0.05) is 22.4 Å². The molecule has 0 amide bonds. The average Bonchev–Trinajstić information content (AvgIpc) is 3.20. The molecule has 1 heterocycles. The van der Waals surface area contributed by atoms with E-state index in [4.69, 9.17) is 4.98 Å². The first-order chi connectivity index (χ1) is 15.1. The summed E-state index contributed by atoms with van der Waals surface area (Å²) >= 11 is 0. The van der Waals surface area contributed by atoms with Crippen LogP contribution in [-0.2, 0) is 0 Å². The van der Waals surface area contributed by atoms with Crippen molar-refractivity contribution in [3.05, 3.63) is 108 Å². The van der Waals surface area contributed by atoms with E-state index in [2.05, 4.69) is 47.9 Å². The minimum Gasteiger partial charge on any atom is -0.294 e. The van der Waals surface area contributed by atoms with Gasteiger partial charge >= 0.3 is 0 Å². The summed E-state index contributed by atoms with van der Waals surface area (Å²) in [4.78, 5) is 17.5. The molecule has 1 aromatic heterocycles. The van der Waals surface area contributed by atoms with Crippen LogP contribution in [0.15, 0.2) is 97.1 Å². The lowest BCUT2D eigenvalue weighted by Crippen LogP contribution is -2.01. The highest BCUT2D eigenvalue weighted by molar-refractivity contribution is 6.05. The summed E-state index contributed by atoms with van der Waals surface area (Å²) in [5.74, 6) is 0.937. The number of benzene rings is 4. The summed E-state index contributed by atoms with van der Waals surface area (Å²) in [6.07, 6.45) is 0. The van der Waals surface area contributed by atoms with Gasteiger partial charge in [-0.15, -0.1) is 0 Å². The molecule has 31 heavy (non-hydrogen) atoms. The molecule has 3 heteroatoms. The third-order valence-corrected chi connectivity index (χ3v) is 5.57. The van der Waals surface area contributed by atoms with E-state index in [1.54, 1.807) is 6.92 Å². The highest BCUT2D eigenvalue weighted by Gasteiger charge is 2.20. The second-order valence-electron chi connectivity index (χ2n) is 7.75.